The van der Waals surface area contributed by atoms with E-state index in [-0.39, 0.29) is 0 Å². The summed E-state index contributed by atoms with van der Waals surface area (Å²) in [5.41, 5.74) is 1.14. The van der Waals surface area contributed by atoms with Crippen molar-refractivity contribution in [2.75, 3.05) is 11.9 Å². The van der Waals surface area contributed by atoms with Crippen LogP contribution in [0.4, 0.5) is 5.69 Å². The number of rotatable bonds is 6. The smallest absolute Gasteiger partial charge is 0.121 e. The van der Waals surface area contributed by atoms with Crippen molar-refractivity contribution >= 4 is 5.69 Å². The molecule has 21 heavy (non-hydrogen) atoms. The Bertz CT molecular complexity index is 470. The van der Waals surface area contributed by atoms with E-state index in [0.717, 1.165) is 17.9 Å². The molecule has 2 rings (SSSR count). The normalized spacial score (nSPS) is 25.1. The molecule has 0 saturated heterocycles. The molecule has 1 aromatic rings. The van der Waals surface area contributed by atoms with E-state index in [1.54, 1.807) is 0 Å². The summed E-state index contributed by atoms with van der Waals surface area (Å²) in [6.45, 7) is 5.29. The molecule has 1 aliphatic carbocycles. The van der Waals surface area contributed by atoms with E-state index < -0.39 is 0 Å². The highest BCUT2D eigenvalue weighted by Crippen LogP contribution is 2.31. The van der Waals surface area contributed by atoms with Crippen LogP contribution in [0.2, 0.25) is 0 Å². The lowest BCUT2D eigenvalue weighted by Gasteiger charge is -2.36. The van der Waals surface area contributed by atoms with Crippen molar-refractivity contribution in [3.05, 3.63) is 24.3 Å². The number of unbranched alkanes of at least 4 members (excludes halogenated alkanes) is 1. The Morgan fingerprint density at radius 1 is 1.29 bits per heavy atom. The average molecular weight is 286 g/mol. The minimum absolute atomic E-state index is 0.549. The van der Waals surface area contributed by atoms with Gasteiger partial charge in [-0.05, 0) is 43.2 Å². The van der Waals surface area contributed by atoms with Gasteiger partial charge in [-0.1, -0.05) is 26.3 Å². The highest BCUT2D eigenvalue weighted by Gasteiger charge is 2.27. The lowest BCUT2D eigenvalue weighted by atomic mass is 9.78. The van der Waals surface area contributed by atoms with Gasteiger partial charge in [-0.2, -0.15) is 5.26 Å². The molecule has 2 unspecified atom stereocenters. The van der Waals surface area contributed by atoms with Gasteiger partial charge in [-0.25, -0.2) is 0 Å². The third-order valence-corrected chi connectivity index (χ3v) is 4.41. The van der Waals surface area contributed by atoms with E-state index in [9.17, 15) is 0 Å². The van der Waals surface area contributed by atoms with Crippen LogP contribution < -0.4 is 10.1 Å². The largest absolute Gasteiger partial charge is 0.493 e. The Morgan fingerprint density at radius 3 is 2.76 bits per heavy atom. The summed E-state index contributed by atoms with van der Waals surface area (Å²) >= 11 is 0. The Labute approximate surface area is 128 Å². The summed E-state index contributed by atoms with van der Waals surface area (Å²) in [5, 5.41) is 12.2. The summed E-state index contributed by atoms with van der Waals surface area (Å²) in [4.78, 5) is 0. The van der Waals surface area contributed by atoms with Crippen LogP contribution in [0.3, 0.4) is 0 Å². The Morgan fingerprint density at radius 2 is 2.05 bits per heavy atom. The summed E-state index contributed by atoms with van der Waals surface area (Å²) < 4.78 is 5.70. The van der Waals surface area contributed by atoms with Gasteiger partial charge in [-0.3, -0.25) is 0 Å². The zero-order chi connectivity index (χ0) is 15.1. The summed E-state index contributed by atoms with van der Waals surface area (Å²) in [5.74, 6) is 2.32. The number of ether oxygens (including phenoxy) is 1. The molecular formula is C18H26N2O. The van der Waals surface area contributed by atoms with Gasteiger partial charge in [0, 0.05) is 24.2 Å². The van der Waals surface area contributed by atoms with Gasteiger partial charge >= 0.3 is 0 Å². The fourth-order valence-electron chi connectivity index (χ4n) is 3.18. The van der Waals surface area contributed by atoms with Crippen LogP contribution in [-0.2, 0) is 0 Å². The molecule has 0 bridgehead atoms. The van der Waals surface area contributed by atoms with Crippen molar-refractivity contribution < 1.29 is 4.74 Å². The van der Waals surface area contributed by atoms with Gasteiger partial charge in [0.25, 0.3) is 0 Å². The second-order valence-corrected chi connectivity index (χ2v) is 6.19. The molecule has 3 nitrogen and oxygen atoms in total. The number of benzene rings is 1. The summed E-state index contributed by atoms with van der Waals surface area (Å²) in [6, 6.07) is 10.9. The predicted octanol–water partition coefficient (Wildman–Crippen LogP) is 4.61. The van der Waals surface area contributed by atoms with Crippen molar-refractivity contribution in [3.63, 3.8) is 0 Å². The van der Waals surface area contributed by atoms with Crippen molar-refractivity contribution in [2.45, 2.75) is 52.0 Å². The molecule has 1 saturated carbocycles. The molecule has 2 atom stereocenters. The van der Waals surface area contributed by atoms with Crippen LogP contribution in [-0.4, -0.2) is 12.6 Å². The third kappa shape index (κ3) is 4.67. The van der Waals surface area contributed by atoms with Gasteiger partial charge in [-0.15, -0.1) is 0 Å². The van der Waals surface area contributed by atoms with E-state index in [1.807, 2.05) is 12.1 Å². The van der Waals surface area contributed by atoms with Crippen LogP contribution >= 0.6 is 0 Å². The van der Waals surface area contributed by atoms with Crippen LogP contribution in [0.1, 0.15) is 46.0 Å². The first-order valence-corrected chi connectivity index (χ1v) is 8.07. The monoisotopic (exact) mass is 286 g/mol. The van der Waals surface area contributed by atoms with Crippen LogP contribution in [0.15, 0.2) is 24.3 Å². The maximum absolute atomic E-state index is 8.52. The molecule has 0 aromatic heterocycles. The second kappa shape index (κ2) is 7.93. The van der Waals surface area contributed by atoms with E-state index in [1.165, 1.54) is 19.3 Å². The van der Waals surface area contributed by atoms with Crippen molar-refractivity contribution in [1.29, 1.82) is 5.26 Å². The second-order valence-electron chi connectivity index (χ2n) is 6.19. The number of hydrogen-bond acceptors (Lipinski definition) is 3. The zero-order valence-electron chi connectivity index (χ0n) is 13.1. The molecule has 0 amide bonds. The molecule has 0 radical (unpaired) electrons. The summed E-state index contributed by atoms with van der Waals surface area (Å²) in [6.07, 6.45) is 5.31. The number of hydrogen-bond donors (Lipinski definition) is 1. The fourth-order valence-corrected chi connectivity index (χ4v) is 3.18. The minimum atomic E-state index is 0.549. The van der Waals surface area contributed by atoms with Crippen LogP contribution in [0, 0.1) is 23.2 Å². The predicted molar refractivity (Wildman–Crippen MR) is 86.4 cm³/mol. The van der Waals surface area contributed by atoms with Crippen LogP contribution in [0.25, 0.3) is 0 Å². The Hall–Kier alpha value is -1.69. The van der Waals surface area contributed by atoms with Crippen molar-refractivity contribution in [1.82, 2.24) is 0 Å². The standard InChI is InChI=1S/C18H26N2O/c1-14-7-5-8-15(2)18(14)20-16-9-6-10-17(13-16)21-12-4-3-11-19/h6,9-10,13-15,18,20H,3-5,7-8,12H2,1-2H3. The van der Waals surface area contributed by atoms with Crippen LogP contribution in [0.5, 0.6) is 5.75 Å². The van der Waals surface area contributed by atoms with Gasteiger partial charge < -0.3 is 10.1 Å². The average Bonchev–Trinajstić information content (AvgIpc) is 2.48. The molecule has 1 aliphatic rings. The van der Waals surface area contributed by atoms with Crippen molar-refractivity contribution in [2.24, 2.45) is 11.8 Å². The molecule has 1 aromatic carbocycles. The molecule has 1 fully saturated rings. The quantitative estimate of drug-likeness (QED) is 0.777. The molecular weight excluding hydrogens is 260 g/mol. The fraction of sp³-hybridized carbons (Fsp3) is 0.611. The van der Waals surface area contributed by atoms with Gasteiger partial charge in [0.2, 0.25) is 0 Å². The summed E-state index contributed by atoms with van der Waals surface area (Å²) in [7, 11) is 0. The number of nitrogens with one attached hydrogen (secondary N) is 1. The highest BCUT2D eigenvalue weighted by atomic mass is 16.5. The van der Waals surface area contributed by atoms with E-state index in [0.29, 0.717) is 30.9 Å². The van der Waals surface area contributed by atoms with Gasteiger partial charge in [0.05, 0.1) is 12.7 Å². The van der Waals surface area contributed by atoms with Gasteiger partial charge in [0.1, 0.15) is 5.75 Å². The maximum Gasteiger partial charge on any atom is 0.121 e. The minimum Gasteiger partial charge on any atom is -0.493 e. The molecule has 1 N–H and O–H groups in total. The van der Waals surface area contributed by atoms with E-state index in [2.05, 4.69) is 37.4 Å². The molecule has 0 heterocycles. The highest BCUT2D eigenvalue weighted by molar-refractivity contribution is 5.49. The van der Waals surface area contributed by atoms with E-state index >= 15 is 0 Å². The first-order valence-electron chi connectivity index (χ1n) is 8.07. The zero-order valence-corrected chi connectivity index (χ0v) is 13.1. The molecule has 0 aliphatic heterocycles. The van der Waals surface area contributed by atoms with Crippen molar-refractivity contribution in [3.8, 4) is 11.8 Å². The number of anilines is 1. The number of nitriles is 1. The first kappa shape index (κ1) is 15.7. The maximum atomic E-state index is 8.52. The Kier molecular flexibility index (Phi) is 5.92. The lowest BCUT2D eigenvalue weighted by Crippen LogP contribution is -2.37. The molecule has 3 heteroatoms. The topological polar surface area (TPSA) is 45.0 Å². The SMILES string of the molecule is CC1CCCC(C)C1Nc1cccc(OCCCC#N)c1. The lowest BCUT2D eigenvalue weighted by molar-refractivity contribution is 0.268. The molecule has 114 valence electrons. The third-order valence-electron chi connectivity index (χ3n) is 4.41. The Balaban J connectivity index is 1.92. The van der Waals surface area contributed by atoms with E-state index in [4.69, 9.17) is 10.00 Å². The molecule has 0 spiro atoms. The first-order chi connectivity index (χ1) is 10.2. The number of nitrogens with zero attached hydrogens (tertiary/aromatic N) is 1. The van der Waals surface area contributed by atoms with Gasteiger partial charge in [0.15, 0.2) is 0 Å².